The highest BCUT2D eigenvalue weighted by Crippen LogP contribution is 2.38. The van der Waals surface area contributed by atoms with Crippen LogP contribution in [0.4, 0.5) is 5.69 Å². The molecule has 0 saturated carbocycles. The molecule has 0 aliphatic rings. The molecule has 90 valence electrons. The third kappa shape index (κ3) is 2.49. The van der Waals surface area contributed by atoms with E-state index in [-0.39, 0.29) is 0 Å². The summed E-state index contributed by atoms with van der Waals surface area (Å²) in [5.74, 6) is -1.59. The summed E-state index contributed by atoms with van der Waals surface area (Å²) < 4.78 is 133. The summed E-state index contributed by atoms with van der Waals surface area (Å²) in [7, 11) is 0. The van der Waals surface area contributed by atoms with Gasteiger partial charge < -0.3 is 10.8 Å². The number of aromatic hydroxyl groups is 1. The molecule has 2 heteroatoms. The minimum Gasteiger partial charge on any atom is -0.508 e. The fourth-order valence-corrected chi connectivity index (χ4v) is 1.17. The van der Waals surface area contributed by atoms with E-state index in [4.69, 9.17) is 29.0 Å². The molecule has 0 fully saturated rings. The molecule has 0 atom stereocenters. The second kappa shape index (κ2) is 3.69. The highest BCUT2D eigenvalue weighted by atomic mass is 16.3. The number of benzene rings is 1. The molecule has 1 rings (SSSR count). The van der Waals surface area contributed by atoms with E-state index >= 15 is 0 Å². The van der Waals surface area contributed by atoms with Crippen molar-refractivity contribution in [3.8, 4) is 5.75 Å². The van der Waals surface area contributed by atoms with Gasteiger partial charge in [-0.25, -0.2) is 0 Å². The fraction of sp³-hybridized carbons (Fsp3) is 0.571. The van der Waals surface area contributed by atoms with Crippen molar-refractivity contribution in [3.63, 3.8) is 0 Å². The number of hydrogen-bond donors (Lipinski definition) is 2. The van der Waals surface area contributed by atoms with Crippen LogP contribution in [0.1, 0.15) is 75.6 Å². The van der Waals surface area contributed by atoms with Crippen LogP contribution in [0.3, 0.4) is 0 Å². The summed E-state index contributed by atoms with van der Waals surface area (Å²) >= 11 is 0. The number of nitrogen functional groups attached to an aromatic ring is 1. The third-order valence-electron chi connectivity index (χ3n) is 1.88. The molecule has 0 aliphatic carbocycles. The molecule has 1 aromatic rings. The summed E-state index contributed by atoms with van der Waals surface area (Å²) in [6.07, 6.45) is 0. The lowest BCUT2D eigenvalue weighted by Gasteiger charge is -2.27. The van der Waals surface area contributed by atoms with E-state index in [1.54, 1.807) is 0 Å². The van der Waals surface area contributed by atoms with Crippen LogP contribution in [0.5, 0.6) is 5.75 Å². The summed E-state index contributed by atoms with van der Waals surface area (Å²) in [6, 6.07) is -2.82. The van der Waals surface area contributed by atoms with Gasteiger partial charge in [-0.15, -0.1) is 0 Å². The van der Waals surface area contributed by atoms with Crippen molar-refractivity contribution in [1.29, 1.82) is 0 Å². The number of anilines is 1. The Morgan fingerprint density at radius 2 is 1.69 bits per heavy atom. The first-order chi connectivity index (χ1) is 14.1. The molecule has 0 heterocycles. The van der Waals surface area contributed by atoms with Crippen molar-refractivity contribution in [2.24, 2.45) is 0 Å². The Bertz CT molecular complexity index is 865. The van der Waals surface area contributed by atoms with E-state index in [1.165, 1.54) is 0 Å². The van der Waals surface area contributed by atoms with E-state index in [0.29, 0.717) is 6.92 Å². The fourth-order valence-electron chi connectivity index (χ4n) is 1.17. The zero-order valence-corrected chi connectivity index (χ0v) is 8.52. The Kier molecular flexibility index (Phi) is 0.644. The van der Waals surface area contributed by atoms with E-state index < -0.39 is 79.7 Å². The van der Waals surface area contributed by atoms with Crippen LogP contribution in [0.15, 0.2) is 12.1 Å². The molecule has 0 aromatic heterocycles. The Labute approximate surface area is 122 Å². The van der Waals surface area contributed by atoms with Gasteiger partial charge in [-0.1, -0.05) is 41.2 Å². The monoisotopic (exact) mass is 238 g/mol. The third-order valence-corrected chi connectivity index (χ3v) is 1.88. The predicted molar refractivity (Wildman–Crippen MR) is 69.9 cm³/mol. The Balaban J connectivity index is 4.66. The molecule has 16 heavy (non-hydrogen) atoms. The molecule has 0 aliphatic heterocycles. The van der Waals surface area contributed by atoms with Gasteiger partial charge in [0.1, 0.15) is 5.75 Å². The molecule has 0 unspecified atom stereocenters. The molecule has 0 spiro atoms. The van der Waals surface area contributed by atoms with Gasteiger partial charge in [-0.05, 0) is 28.0 Å². The number of phenolic OH excluding ortho intramolecular Hbond substituents is 1. The van der Waals surface area contributed by atoms with Crippen molar-refractivity contribution < 1.29 is 28.4 Å². The van der Waals surface area contributed by atoms with Gasteiger partial charge in [0.2, 0.25) is 0 Å². The van der Waals surface area contributed by atoms with Crippen LogP contribution < -0.4 is 5.73 Å². The van der Waals surface area contributed by atoms with Crippen LogP contribution >= 0.6 is 0 Å². The molecular formula is C14H23NO. The van der Waals surface area contributed by atoms with Crippen molar-refractivity contribution >= 4 is 5.69 Å². The second-order valence-electron chi connectivity index (χ2n) is 3.64. The number of hydrogen-bond acceptors (Lipinski definition) is 2. The second-order valence-corrected chi connectivity index (χ2v) is 3.64. The first-order valence-electron chi connectivity index (χ1n) is 12.8. The van der Waals surface area contributed by atoms with Crippen molar-refractivity contribution in [2.75, 3.05) is 5.73 Å². The van der Waals surface area contributed by atoms with Gasteiger partial charge >= 0.3 is 0 Å². The standard InChI is InChI=1S/C14H23NO/c1-13(2,3)9-7-10(14(4,5)6)12(16)8-11(9)15/h7-8,16H,15H2,1-6H3/i1D3,2D3,4D3,5D3,6D3,7D,8D. The minimum absolute atomic E-state index is 0.624. The summed E-state index contributed by atoms with van der Waals surface area (Å²) in [6.45, 7) is -18.3. The maximum absolute atomic E-state index is 10.6. The predicted octanol–water partition coefficient (Wildman–Crippen LogP) is 3.57. The molecule has 0 amide bonds. The van der Waals surface area contributed by atoms with E-state index in [2.05, 4.69) is 0 Å². The van der Waals surface area contributed by atoms with E-state index in [0.717, 1.165) is 0 Å². The largest absolute Gasteiger partial charge is 0.508 e. The van der Waals surface area contributed by atoms with E-state index in [9.17, 15) is 5.11 Å². The molecule has 3 N–H and O–H groups in total. The smallest absolute Gasteiger partial charge is 0.121 e. The van der Waals surface area contributed by atoms with Crippen molar-refractivity contribution in [1.82, 2.24) is 0 Å². The Morgan fingerprint density at radius 3 is 2.19 bits per heavy atom. The van der Waals surface area contributed by atoms with Crippen molar-refractivity contribution in [3.05, 3.63) is 23.2 Å². The molecule has 0 saturated heterocycles. The first kappa shape index (κ1) is 2.80. The van der Waals surface area contributed by atoms with Gasteiger partial charge in [-0.2, -0.15) is 0 Å². The molecule has 1 aromatic carbocycles. The molecule has 2 nitrogen and oxygen atoms in total. The lowest BCUT2D eigenvalue weighted by atomic mass is 9.79. The number of nitrogens with two attached hydrogens (primary N) is 1. The summed E-state index contributed by atoms with van der Waals surface area (Å²) in [5.41, 5.74) is -5.24. The molecule has 0 radical (unpaired) electrons. The average molecular weight is 238 g/mol. The van der Waals surface area contributed by atoms with Crippen LogP contribution in [-0.4, -0.2) is 5.11 Å². The zero-order chi connectivity index (χ0) is 27.0. The van der Waals surface area contributed by atoms with Crippen LogP contribution in [-0.2, 0) is 10.8 Å². The van der Waals surface area contributed by atoms with Gasteiger partial charge in [0.05, 0.1) is 2.74 Å². The Morgan fingerprint density at radius 1 is 1.12 bits per heavy atom. The van der Waals surface area contributed by atoms with Crippen LogP contribution in [0, 0.1) is 0 Å². The van der Waals surface area contributed by atoms with Crippen molar-refractivity contribution in [2.45, 2.75) is 52.0 Å². The van der Waals surface area contributed by atoms with Crippen LogP contribution in [0.25, 0.3) is 0 Å². The van der Waals surface area contributed by atoms with Gasteiger partial charge in [-0.3, -0.25) is 0 Å². The minimum atomic E-state index is -4.00. The highest BCUT2D eigenvalue weighted by Gasteiger charge is 2.24. The summed E-state index contributed by atoms with van der Waals surface area (Å²) in [4.78, 5) is 0. The van der Waals surface area contributed by atoms with Crippen LogP contribution in [0.2, 0.25) is 0 Å². The molecular weight excluding hydrogens is 198 g/mol. The topological polar surface area (TPSA) is 46.2 Å². The number of phenols is 1. The average Bonchev–Trinajstić information content (AvgIpc) is 2.50. The molecule has 0 bridgehead atoms. The van der Waals surface area contributed by atoms with E-state index in [1.807, 2.05) is 0 Å². The van der Waals surface area contributed by atoms with Gasteiger partial charge in [0.25, 0.3) is 0 Å². The maximum Gasteiger partial charge on any atom is 0.121 e. The Hall–Kier alpha value is -1.18. The SMILES string of the molecule is [2H]c1c(N)c(C(C)(C([2H])([2H])[2H])C([2H])([2H])[2H])c([2H])c(C(C([2H])([2H])[2H])(C([2H])([2H])[2H])C([2H])([2H])[2H])c1O. The first-order valence-corrected chi connectivity index (χ1v) is 4.26. The quantitative estimate of drug-likeness (QED) is 0.679. The van der Waals surface area contributed by atoms with Gasteiger partial charge in [0, 0.05) is 32.3 Å². The van der Waals surface area contributed by atoms with Gasteiger partial charge in [0.15, 0.2) is 0 Å². The normalized spacial score (nSPS) is 32.4. The lowest BCUT2D eigenvalue weighted by Crippen LogP contribution is -2.18. The maximum atomic E-state index is 10.6. The summed E-state index contributed by atoms with van der Waals surface area (Å²) in [5, 5.41) is 10.6. The zero-order valence-electron chi connectivity index (χ0n) is 25.5. The lowest BCUT2D eigenvalue weighted by molar-refractivity contribution is 0.445. The highest BCUT2D eigenvalue weighted by molar-refractivity contribution is 5.58. The number of rotatable bonds is 0.